The van der Waals surface area contributed by atoms with E-state index in [1.54, 1.807) is 6.08 Å². The van der Waals surface area contributed by atoms with Gasteiger partial charge in [-0.05, 0) is 0 Å². The van der Waals surface area contributed by atoms with E-state index in [0.717, 1.165) is 0 Å². The van der Waals surface area contributed by atoms with Crippen molar-refractivity contribution in [1.82, 2.24) is 0 Å². The summed E-state index contributed by atoms with van der Waals surface area (Å²) in [6, 6.07) is 0. The first-order valence-electron chi connectivity index (χ1n) is 1.48. The molecule has 0 spiro atoms. The number of rotatable bonds is 2. The average Bonchev–Trinajstić information content (AvgIpc) is 1.61. The molecule has 6 heavy (non-hydrogen) atoms. The van der Waals surface area contributed by atoms with Gasteiger partial charge in [-0.1, -0.05) is 6.08 Å². The number of hydrogen-bond donors (Lipinski definition) is 0. The van der Waals surface area contributed by atoms with E-state index < -0.39 is 0 Å². The zero-order valence-corrected chi connectivity index (χ0v) is 4.07. The van der Waals surface area contributed by atoms with Crippen molar-refractivity contribution in [3.05, 3.63) is 12.7 Å². The Morgan fingerprint density at radius 1 is 2.00 bits per heavy atom. The van der Waals surface area contributed by atoms with Gasteiger partial charge in [-0.3, -0.25) is 0 Å². The van der Waals surface area contributed by atoms with Gasteiger partial charge in [-0.15, -0.1) is 6.58 Å². The van der Waals surface area contributed by atoms with Gasteiger partial charge in [0.25, 0.3) is 0 Å². The van der Waals surface area contributed by atoms with E-state index in [9.17, 15) is 4.21 Å². The SMILES string of the molecule is C=CCN=S=O. The lowest BCUT2D eigenvalue weighted by Gasteiger charge is -1.63. The van der Waals surface area contributed by atoms with Crippen LogP contribution in [0.25, 0.3) is 0 Å². The van der Waals surface area contributed by atoms with E-state index in [0.29, 0.717) is 6.54 Å². The van der Waals surface area contributed by atoms with Crippen LogP contribution in [0.15, 0.2) is 17.0 Å². The topological polar surface area (TPSA) is 29.4 Å². The van der Waals surface area contributed by atoms with Gasteiger partial charge in [-0.25, -0.2) is 0 Å². The third-order valence-electron chi connectivity index (χ3n) is 0.256. The predicted octanol–water partition coefficient (Wildman–Crippen LogP) is 0.569. The zero-order chi connectivity index (χ0) is 4.83. The van der Waals surface area contributed by atoms with Crippen LogP contribution in [0.5, 0.6) is 0 Å². The molecule has 0 fully saturated rings. The largest absolute Gasteiger partial charge is 0.199 e. The molecule has 0 aliphatic carbocycles. The number of hydrogen-bond acceptors (Lipinski definition) is 2. The minimum Gasteiger partial charge on any atom is -0.191 e. The standard InChI is InChI=1S/C3H5NOS/c1-2-3-4-6-5/h2H,1,3H2. The Hall–Kier alpha value is -0.440. The maximum atomic E-state index is 9.39. The summed E-state index contributed by atoms with van der Waals surface area (Å²) in [6.07, 6.45) is 1.57. The molecule has 0 heterocycles. The van der Waals surface area contributed by atoms with E-state index >= 15 is 0 Å². The van der Waals surface area contributed by atoms with Crippen LogP contribution in [0.4, 0.5) is 0 Å². The van der Waals surface area contributed by atoms with Crippen LogP contribution >= 0.6 is 0 Å². The Bertz CT molecular complexity index is 84.8. The molecule has 0 rings (SSSR count). The first-order chi connectivity index (χ1) is 2.91. The van der Waals surface area contributed by atoms with Gasteiger partial charge in [0.1, 0.15) is 0 Å². The summed E-state index contributed by atoms with van der Waals surface area (Å²) in [5.74, 6) is 0. The summed E-state index contributed by atoms with van der Waals surface area (Å²) >= 11 is 0.230. The van der Waals surface area contributed by atoms with E-state index in [4.69, 9.17) is 0 Å². The second kappa shape index (κ2) is 4.56. The first kappa shape index (κ1) is 5.56. The normalized spacial score (nSPS) is 6.67. The second-order valence-electron chi connectivity index (χ2n) is 0.675. The average molecular weight is 103 g/mol. The van der Waals surface area contributed by atoms with Gasteiger partial charge in [0.05, 0.1) is 6.54 Å². The van der Waals surface area contributed by atoms with Crippen LogP contribution in [0, 0.1) is 0 Å². The van der Waals surface area contributed by atoms with Gasteiger partial charge in [-0.2, -0.15) is 8.57 Å². The smallest absolute Gasteiger partial charge is 0.191 e. The van der Waals surface area contributed by atoms with Crippen LogP contribution in [0.3, 0.4) is 0 Å². The zero-order valence-electron chi connectivity index (χ0n) is 3.26. The molecular weight excluding hydrogens is 98.1 g/mol. The lowest BCUT2D eigenvalue weighted by Crippen LogP contribution is -1.61. The summed E-state index contributed by atoms with van der Waals surface area (Å²) in [7, 11) is 0. The molecule has 34 valence electrons. The molecule has 0 aliphatic rings. The third-order valence-corrected chi connectivity index (χ3v) is 0.511. The van der Waals surface area contributed by atoms with Crippen molar-refractivity contribution in [3.63, 3.8) is 0 Å². The highest BCUT2D eigenvalue weighted by Crippen LogP contribution is 1.62. The molecule has 0 aliphatic heterocycles. The van der Waals surface area contributed by atoms with Crippen LogP contribution in [-0.4, -0.2) is 10.8 Å². The van der Waals surface area contributed by atoms with Crippen LogP contribution in [0.2, 0.25) is 0 Å². The van der Waals surface area contributed by atoms with Crippen LogP contribution < -0.4 is 0 Å². The van der Waals surface area contributed by atoms with Crippen LogP contribution in [0.1, 0.15) is 0 Å². The van der Waals surface area contributed by atoms with Crippen molar-refractivity contribution in [2.75, 3.05) is 6.54 Å². The van der Waals surface area contributed by atoms with Gasteiger partial charge >= 0.3 is 0 Å². The minimum atomic E-state index is 0.230. The molecular formula is C3H5NOS. The Kier molecular flexibility index (Phi) is 4.23. The molecule has 3 heteroatoms. The molecule has 0 aromatic carbocycles. The predicted molar refractivity (Wildman–Crippen MR) is 25.6 cm³/mol. The minimum absolute atomic E-state index is 0.230. The van der Waals surface area contributed by atoms with Crippen LogP contribution in [-0.2, 0) is 11.5 Å². The molecule has 0 unspecified atom stereocenters. The summed E-state index contributed by atoms with van der Waals surface area (Å²) in [6.45, 7) is 3.80. The monoisotopic (exact) mass is 103 g/mol. The lowest BCUT2D eigenvalue weighted by atomic mass is 10.7. The van der Waals surface area contributed by atoms with Crippen molar-refractivity contribution in [1.29, 1.82) is 0 Å². The summed E-state index contributed by atoms with van der Waals surface area (Å²) in [5, 5.41) is 0. The maximum Gasteiger partial charge on any atom is 0.199 e. The third kappa shape index (κ3) is 3.56. The molecule has 0 saturated heterocycles. The van der Waals surface area contributed by atoms with Crippen molar-refractivity contribution in [2.24, 2.45) is 4.36 Å². The summed E-state index contributed by atoms with van der Waals surface area (Å²) < 4.78 is 12.7. The fourth-order valence-electron chi connectivity index (χ4n) is 0.0831. The fourth-order valence-corrected chi connectivity index (χ4v) is 0.249. The lowest BCUT2D eigenvalue weighted by molar-refractivity contribution is 0.697. The quantitative estimate of drug-likeness (QED) is 0.470. The highest BCUT2D eigenvalue weighted by molar-refractivity contribution is 7.54. The molecule has 0 bridgehead atoms. The Morgan fingerprint density at radius 3 is 2.83 bits per heavy atom. The maximum absolute atomic E-state index is 9.39. The van der Waals surface area contributed by atoms with Crippen molar-refractivity contribution >= 4 is 11.5 Å². The molecule has 0 aromatic rings. The van der Waals surface area contributed by atoms with E-state index in [-0.39, 0.29) is 11.5 Å². The van der Waals surface area contributed by atoms with Gasteiger partial charge in [0.15, 0.2) is 11.5 Å². The second-order valence-corrected chi connectivity index (χ2v) is 1.08. The molecule has 0 atom stereocenters. The van der Waals surface area contributed by atoms with Crippen molar-refractivity contribution in [3.8, 4) is 0 Å². The Morgan fingerprint density at radius 2 is 2.67 bits per heavy atom. The Balaban J connectivity index is 3.07. The molecule has 0 N–H and O–H groups in total. The molecule has 2 nitrogen and oxygen atoms in total. The first-order valence-corrected chi connectivity index (χ1v) is 2.18. The highest BCUT2D eigenvalue weighted by Gasteiger charge is 1.58. The fraction of sp³-hybridized carbons (Fsp3) is 0.333. The van der Waals surface area contributed by atoms with Gasteiger partial charge in [0, 0.05) is 0 Å². The molecule has 0 saturated carbocycles. The van der Waals surface area contributed by atoms with E-state index in [1.165, 1.54) is 0 Å². The van der Waals surface area contributed by atoms with Crippen molar-refractivity contribution in [2.45, 2.75) is 0 Å². The summed E-state index contributed by atoms with van der Waals surface area (Å²) in [4.78, 5) is 0. The number of nitrogens with zero attached hydrogens (tertiary/aromatic N) is 1. The molecule has 0 radical (unpaired) electrons. The highest BCUT2D eigenvalue weighted by atomic mass is 32.1. The van der Waals surface area contributed by atoms with Gasteiger partial charge in [0.2, 0.25) is 0 Å². The van der Waals surface area contributed by atoms with E-state index in [1.807, 2.05) is 0 Å². The molecule has 0 aromatic heterocycles. The summed E-state index contributed by atoms with van der Waals surface area (Å²) in [5.41, 5.74) is 0. The van der Waals surface area contributed by atoms with Gasteiger partial charge < -0.3 is 0 Å². The Labute approximate surface area is 40.1 Å². The van der Waals surface area contributed by atoms with Crippen molar-refractivity contribution < 1.29 is 4.21 Å². The molecule has 0 amide bonds. The van der Waals surface area contributed by atoms with E-state index in [2.05, 4.69) is 10.9 Å².